The van der Waals surface area contributed by atoms with Crippen LogP contribution in [0.5, 0.6) is 0 Å². The van der Waals surface area contributed by atoms with Gasteiger partial charge in [-0.15, -0.1) is 10.2 Å². The van der Waals surface area contributed by atoms with E-state index in [9.17, 15) is 4.79 Å². The lowest BCUT2D eigenvalue weighted by Crippen LogP contribution is -2.08. The van der Waals surface area contributed by atoms with Gasteiger partial charge in [-0.1, -0.05) is 37.7 Å². The van der Waals surface area contributed by atoms with Crippen molar-refractivity contribution in [2.75, 3.05) is 0 Å². The number of aromatic nitrogens is 3. The van der Waals surface area contributed by atoms with Crippen molar-refractivity contribution in [1.29, 1.82) is 0 Å². The summed E-state index contributed by atoms with van der Waals surface area (Å²) in [4.78, 5) is 12.1. The fraction of sp³-hybridized carbons (Fsp3) is 0.318. The van der Waals surface area contributed by atoms with Gasteiger partial charge in [-0.3, -0.25) is 4.57 Å². The van der Waals surface area contributed by atoms with Gasteiger partial charge in [0.05, 0.1) is 6.26 Å². The number of fused-ring (bicyclic) bond motifs is 1. The Morgan fingerprint density at radius 2 is 2.00 bits per heavy atom. The number of nitrogens with zero attached hydrogens (tertiary/aromatic N) is 3. The van der Waals surface area contributed by atoms with Gasteiger partial charge in [0.1, 0.15) is 5.58 Å². The molecule has 6 nitrogen and oxygen atoms in total. The Kier molecular flexibility index (Phi) is 5.32. The van der Waals surface area contributed by atoms with Gasteiger partial charge in [-0.05, 0) is 48.6 Å². The molecule has 0 fully saturated rings. The van der Waals surface area contributed by atoms with Crippen LogP contribution in [0.15, 0.2) is 55.4 Å². The molecule has 0 atom stereocenters. The third kappa shape index (κ3) is 3.87. The molecule has 3 aromatic heterocycles. The van der Waals surface area contributed by atoms with E-state index in [4.69, 9.17) is 8.83 Å². The normalized spacial score (nSPS) is 11.6. The summed E-state index contributed by atoms with van der Waals surface area (Å²) in [6.07, 6.45) is 1.64. The maximum Gasteiger partial charge on any atom is 0.336 e. The second-order valence-electron chi connectivity index (χ2n) is 7.55. The molecule has 0 N–H and O–H groups in total. The molecule has 0 unspecified atom stereocenters. The van der Waals surface area contributed by atoms with Crippen molar-refractivity contribution < 1.29 is 8.83 Å². The first-order valence-corrected chi connectivity index (χ1v) is 10.6. The van der Waals surface area contributed by atoms with E-state index in [0.717, 1.165) is 39.6 Å². The predicted molar refractivity (Wildman–Crippen MR) is 114 cm³/mol. The smallest absolute Gasteiger partial charge is 0.336 e. The molecule has 0 saturated carbocycles. The van der Waals surface area contributed by atoms with E-state index in [-0.39, 0.29) is 5.63 Å². The first kappa shape index (κ1) is 19.5. The molecule has 4 aromatic rings. The van der Waals surface area contributed by atoms with Gasteiger partial charge in [0.2, 0.25) is 0 Å². The molecule has 0 bridgehead atoms. The zero-order valence-electron chi connectivity index (χ0n) is 16.9. The van der Waals surface area contributed by atoms with Crippen LogP contribution >= 0.6 is 11.8 Å². The Morgan fingerprint density at radius 3 is 2.72 bits per heavy atom. The van der Waals surface area contributed by atoms with Crippen LogP contribution in [0.4, 0.5) is 0 Å². The van der Waals surface area contributed by atoms with Gasteiger partial charge in [-0.25, -0.2) is 4.79 Å². The van der Waals surface area contributed by atoms with Gasteiger partial charge < -0.3 is 8.83 Å². The molecule has 0 amide bonds. The topological polar surface area (TPSA) is 74.1 Å². The van der Waals surface area contributed by atoms with Crippen molar-refractivity contribution in [2.45, 2.75) is 45.1 Å². The molecular formula is C22H23N3O3S. The molecule has 150 valence electrons. The van der Waals surface area contributed by atoms with Gasteiger partial charge in [0.15, 0.2) is 16.7 Å². The summed E-state index contributed by atoms with van der Waals surface area (Å²) in [7, 11) is 0. The first-order valence-electron chi connectivity index (χ1n) is 9.57. The minimum atomic E-state index is -0.332. The van der Waals surface area contributed by atoms with Crippen molar-refractivity contribution in [3.8, 4) is 11.6 Å². The molecule has 7 heteroatoms. The highest BCUT2D eigenvalue weighted by atomic mass is 32.2. The highest BCUT2D eigenvalue weighted by Crippen LogP contribution is 2.30. The number of furan rings is 1. The van der Waals surface area contributed by atoms with Crippen molar-refractivity contribution in [1.82, 2.24) is 14.8 Å². The average Bonchev–Trinajstić information content (AvgIpc) is 3.32. The molecule has 1 aromatic carbocycles. The molecule has 0 aliphatic carbocycles. The second-order valence-corrected chi connectivity index (χ2v) is 8.49. The zero-order chi connectivity index (χ0) is 20.5. The number of hydrogen-bond acceptors (Lipinski definition) is 6. The Balaban J connectivity index is 1.70. The standard InChI is InChI=1S/C22H23N3O3S/c1-13(2)11-25-21(18-6-5-9-27-18)23-24-22(25)29-12-16-10-19(26)28-20-15(4)14(3)7-8-17(16)20/h5-10,13H,11-12H2,1-4H3. The summed E-state index contributed by atoms with van der Waals surface area (Å²) in [5.74, 6) is 2.44. The third-order valence-electron chi connectivity index (χ3n) is 4.88. The van der Waals surface area contributed by atoms with Gasteiger partial charge in [0.25, 0.3) is 0 Å². The lowest BCUT2D eigenvalue weighted by atomic mass is 10.0. The average molecular weight is 410 g/mol. The van der Waals surface area contributed by atoms with Gasteiger partial charge in [0, 0.05) is 23.8 Å². The van der Waals surface area contributed by atoms with Gasteiger partial charge in [-0.2, -0.15) is 0 Å². The summed E-state index contributed by atoms with van der Waals surface area (Å²) >= 11 is 1.56. The van der Waals surface area contributed by atoms with E-state index in [2.05, 4.69) is 34.7 Å². The molecule has 0 spiro atoms. The van der Waals surface area contributed by atoms with E-state index >= 15 is 0 Å². The van der Waals surface area contributed by atoms with E-state index in [1.54, 1.807) is 24.1 Å². The third-order valence-corrected chi connectivity index (χ3v) is 5.90. The lowest BCUT2D eigenvalue weighted by Gasteiger charge is -2.12. The largest absolute Gasteiger partial charge is 0.461 e. The van der Waals surface area contributed by atoms with E-state index in [0.29, 0.717) is 23.0 Å². The Morgan fingerprint density at radius 1 is 1.17 bits per heavy atom. The molecule has 0 aliphatic rings. The Hall–Kier alpha value is -2.80. The molecule has 0 aliphatic heterocycles. The molecule has 29 heavy (non-hydrogen) atoms. The molecular weight excluding hydrogens is 386 g/mol. The van der Waals surface area contributed by atoms with Crippen LogP contribution in [0.2, 0.25) is 0 Å². The molecule has 4 rings (SSSR count). The van der Waals surface area contributed by atoms with Crippen LogP contribution in [-0.2, 0) is 12.3 Å². The number of thioether (sulfide) groups is 1. The number of rotatable bonds is 6. The highest BCUT2D eigenvalue weighted by molar-refractivity contribution is 7.98. The lowest BCUT2D eigenvalue weighted by molar-refractivity contribution is 0.489. The minimum absolute atomic E-state index is 0.332. The first-order chi connectivity index (χ1) is 13.9. The van der Waals surface area contributed by atoms with Crippen LogP contribution in [0.1, 0.15) is 30.5 Å². The monoisotopic (exact) mass is 409 g/mol. The van der Waals surface area contributed by atoms with Crippen LogP contribution in [0.25, 0.3) is 22.6 Å². The van der Waals surface area contributed by atoms with Crippen molar-refractivity contribution in [2.24, 2.45) is 5.92 Å². The summed E-state index contributed by atoms with van der Waals surface area (Å²) in [5, 5.41) is 10.5. The zero-order valence-corrected chi connectivity index (χ0v) is 17.7. The highest BCUT2D eigenvalue weighted by Gasteiger charge is 2.18. The summed E-state index contributed by atoms with van der Waals surface area (Å²) < 4.78 is 13.1. The quantitative estimate of drug-likeness (QED) is 0.321. The van der Waals surface area contributed by atoms with Crippen molar-refractivity contribution >= 4 is 22.7 Å². The van der Waals surface area contributed by atoms with Crippen LogP contribution in [0, 0.1) is 19.8 Å². The van der Waals surface area contributed by atoms with Crippen LogP contribution < -0.4 is 5.63 Å². The molecule has 0 saturated heterocycles. The second kappa shape index (κ2) is 7.91. The van der Waals surface area contributed by atoms with Crippen molar-refractivity contribution in [3.05, 3.63) is 63.7 Å². The summed E-state index contributed by atoms with van der Waals surface area (Å²) in [5.41, 5.74) is 3.36. The molecule has 0 radical (unpaired) electrons. The maximum absolute atomic E-state index is 12.1. The van der Waals surface area contributed by atoms with E-state index in [1.807, 2.05) is 32.0 Å². The van der Waals surface area contributed by atoms with Crippen LogP contribution in [0.3, 0.4) is 0 Å². The van der Waals surface area contributed by atoms with E-state index < -0.39 is 0 Å². The Bertz CT molecular complexity index is 1210. The Labute approximate surface area is 172 Å². The summed E-state index contributed by atoms with van der Waals surface area (Å²) in [6, 6.07) is 9.37. The number of benzene rings is 1. The summed E-state index contributed by atoms with van der Waals surface area (Å²) in [6.45, 7) is 9.08. The van der Waals surface area contributed by atoms with Gasteiger partial charge >= 0.3 is 5.63 Å². The SMILES string of the molecule is Cc1ccc2c(CSc3nnc(-c4ccco4)n3CC(C)C)cc(=O)oc2c1C. The minimum Gasteiger partial charge on any atom is -0.461 e. The molecule has 3 heterocycles. The fourth-order valence-corrected chi connectivity index (χ4v) is 4.24. The number of hydrogen-bond donors (Lipinski definition) is 0. The maximum atomic E-state index is 12.1. The van der Waals surface area contributed by atoms with Crippen molar-refractivity contribution in [3.63, 3.8) is 0 Å². The van der Waals surface area contributed by atoms with Crippen LogP contribution in [-0.4, -0.2) is 14.8 Å². The fourth-order valence-electron chi connectivity index (χ4n) is 3.30. The predicted octanol–water partition coefficient (Wildman–Crippen LogP) is 5.21. The number of aryl methyl sites for hydroxylation is 2. The van der Waals surface area contributed by atoms with E-state index in [1.165, 1.54) is 0 Å².